The molecule has 2 aromatic carbocycles. The number of nitrogens with zero attached hydrogens (tertiary/aromatic N) is 1. The van der Waals surface area contributed by atoms with Crippen molar-refractivity contribution in [1.29, 1.82) is 0 Å². The Labute approximate surface area is 157 Å². The summed E-state index contributed by atoms with van der Waals surface area (Å²) in [5, 5.41) is 5.52. The van der Waals surface area contributed by atoms with Gasteiger partial charge in [-0.05, 0) is 30.2 Å². The van der Waals surface area contributed by atoms with Gasteiger partial charge in [-0.2, -0.15) is 0 Å². The van der Waals surface area contributed by atoms with E-state index in [0.29, 0.717) is 30.9 Å². The van der Waals surface area contributed by atoms with Gasteiger partial charge in [0.15, 0.2) is 6.61 Å². The minimum absolute atomic E-state index is 0.0953. The van der Waals surface area contributed by atoms with Gasteiger partial charge in [0.25, 0.3) is 5.91 Å². The molecule has 0 bridgehead atoms. The van der Waals surface area contributed by atoms with Crippen LogP contribution in [-0.2, 0) is 17.8 Å². The summed E-state index contributed by atoms with van der Waals surface area (Å²) in [5.74, 6) is -0.0562. The van der Waals surface area contributed by atoms with Gasteiger partial charge in [0, 0.05) is 31.7 Å². The van der Waals surface area contributed by atoms with Gasteiger partial charge in [0.2, 0.25) is 0 Å². The fraction of sp³-hybridized carbons (Fsp3) is 0.300. The molecule has 0 saturated heterocycles. The van der Waals surface area contributed by atoms with E-state index < -0.39 is 0 Å². The van der Waals surface area contributed by atoms with E-state index in [0.717, 1.165) is 12.0 Å². The van der Waals surface area contributed by atoms with Crippen LogP contribution in [0.1, 0.15) is 11.1 Å². The van der Waals surface area contributed by atoms with Gasteiger partial charge in [-0.1, -0.05) is 30.3 Å². The zero-order valence-corrected chi connectivity index (χ0v) is 14.9. The molecule has 1 aliphatic rings. The lowest BCUT2D eigenvalue weighted by Gasteiger charge is -2.20. The largest absolute Gasteiger partial charge is 0.483 e. The number of halogens is 1. The minimum Gasteiger partial charge on any atom is -0.483 e. The van der Waals surface area contributed by atoms with Crippen LogP contribution in [0.15, 0.2) is 48.5 Å². The summed E-state index contributed by atoms with van der Waals surface area (Å²) >= 11 is 0. The molecule has 0 fully saturated rings. The number of amides is 3. The Morgan fingerprint density at radius 2 is 1.89 bits per heavy atom. The third-order valence-electron chi connectivity index (χ3n) is 4.30. The summed E-state index contributed by atoms with van der Waals surface area (Å²) in [6.07, 6.45) is 0.749. The second-order valence-electron chi connectivity index (χ2n) is 6.27. The first-order valence-corrected chi connectivity index (χ1v) is 8.86. The number of rotatable bonds is 6. The van der Waals surface area contributed by atoms with E-state index in [9.17, 15) is 14.0 Å². The lowest BCUT2D eigenvalue weighted by molar-refractivity contribution is -0.133. The van der Waals surface area contributed by atoms with E-state index in [1.54, 1.807) is 4.90 Å². The van der Waals surface area contributed by atoms with E-state index >= 15 is 0 Å². The van der Waals surface area contributed by atoms with E-state index in [1.165, 1.54) is 18.2 Å². The maximum Gasteiger partial charge on any atom is 0.314 e. The molecule has 2 N–H and O–H groups in total. The summed E-state index contributed by atoms with van der Waals surface area (Å²) < 4.78 is 18.8. The highest BCUT2D eigenvalue weighted by Crippen LogP contribution is 2.24. The Hall–Kier alpha value is -3.09. The van der Waals surface area contributed by atoms with Crippen LogP contribution in [0, 0.1) is 5.82 Å². The fourth-order valence-electron chi connectivity index (χ4n) is 2.87. The van der Waals surface area contributed by atoms with Crippen LogP contribution in [0.25, 0.3) is 0 Å². The average Bonchev–Trinajstić information content (AvgIpc) is 2.81. The Bertz CT molecular complexity index is 798. The summed E-state index contributed by atoms with van der Waals surface area (Å²) in [7, 11) is 0. The van der Waals surface area contributed by atoms with Crippen molar-refractivity contribution in [2.75, 3.05) is 26.2 Å². The maximum absolute atomic E-state index is 13.4. The highest BCUT2D eigenvalue weighted by Gasteiger charge is 2.21. The lowest BCUT2D eigenvalue weighted by atomic mass is 10.1. The van der Waals surface area contributed by atoms with Crippen molar-refractivity contribution < 1.29 is 18.7 Å². The van der Waals surface area contributed by atoms with Crippen molar-refractivity contribution in [1.82, 2.24) is 15.5 Å². The highest BCUT2D eigenvalue weighted by molar-refractivity contribution is 5.78. The van der Waals surface area contributed by atoms with Crippen LogP contribution in [0.3, 0.4) is 0 Å². The van der Waals surface area contributed by atoms with Crippen LogP contribution in [0.5, 0.6) is 5.75 Å². The molecule has 1 heterocycles. The average molecular weight is 371 g/mol. The molecular weight excluding hydrogens is 349 g/mol. The lowest BCUT2D eigenvalue weighted by Crippen LogP contribution is -2.42. The summed E-state index contributed by atoms with van der Waals surface area (Å²) in [5.41, 5.74) is 1.77. The van der Waals surface area contributed by atoms with Gasteiger partial charge >= 0.3 is 6.03 Å². The molecule has 3 rings (SSSR count). The molecule has 2 aromatic rings. The molecule has 27 heavy (non-hydrogen) atoms. The van der Waals surface area contributed by atoms with Crippen LogP contribution in [0.4, 0.5) is 9.18 Å². The van der Waals surface area contributed by atoms with E-state index in [4.69, 9.17) is 4.74 Å². The molecule has 0 aliphatic carbocycles. The predicted octanol–water partition coefficient (Wildman–Crippen LogP) is 2.09. The Balaban J connectivity index is 1.42. The normalized spacial score (nSPS) is 13.4. The molecular formula is C20H22FN3O3. The van der Waals surface area contributed by atoms with E-state index in [2.05, 4.69) is 10.6 Å². The zero-order chi connectivity index (χ0) is 19.1. The summed E-state index contributed by atoms with van der Waals surface area (Å²) in [4.78, 5) is 25.6. The van der Waals surface area contributed by atoms with Crippen LogP contribution in [0.2, 0.25) is 0 Å². The molecule has 0 spiro atoms. The molecule has 1 aliphatic heterocycles. The Morgan fingerprint density at radius 1 is 1.11 bits per heavy atom. The SMILES string of the molecule is O=C(NCCc1ccccc1)NCCN1Cc2cc(F)ccc2OCC1=O. The number of urea groups is 1. The molecule has 7 heteroatoms. The third kappa shape index (κ3) is 5.44. The van der Waals surface area contributed by atoms with Crippen molar-refractivity contribution in [3.63, 3.8) is 0 Å². The molecule has 0 radical (unpaired) electrons. The van der Waals surface area contributed by atoms with Crippen LogP contribution >= 0.6 is 0 Å². The quantitative estimate of drug-likeness (QED) is 0.817. The van der Waals surface area contributed by atoms with Crippen molar-refractivity contribution in [2.45, 2.75) is 13.0 Å². The number of nitrogens with one attached hydrogen (secondary N) is 2. The number of benzene rings is 2. The van der Waals surface area contributed by atoms with Crippen LogP contribution in [-0.4, -0.2) is 43.1 Å². The number of hydrogen-bond donors (Lipinski definition) is 2. The first kappa shape index (κ1) is 18.7. The number of ether oxygens (including phenoxy) is 1. The monoisotopic (exact) mass is 371 g/mol. The van der Waals surface area contributed by atoms with Gasteiger partial charge in [-0.3, -0.25) is 4.79 Å². The number of carbonyl (C=O) groups excluding carboxylic acids is 2. The van der Waals surface area contributed by atoms with Crippen molar-refractivity contribution >= 4 is 11.9 Å². The van der Waals surface area contributed by atoms with Gasteiger partial charge in [-0.15, -0.1) is 0 Å². The van der Waals surface area contributed by atoms with E-state index in [-0.39, 0.29) is 30.9 Å². The predicted molar refractivity (Wildman–Crippen MR) is 98.9 cm³/mol. The van der Waals surface area contributed by atoms with Gasteiger partial charge in [0.05, 0.1) is 0 Å². The second-order valence-corrected chi connectivity index (χ2v) is 6.27. The van der Waals surface area contributed by atoms with Crippen molar-refractivity contribution in [2.24, 2.45) is 0 Å². The van der Waals surface area contributed by atoms with Crippen molar-refractivity contribution in [3.05, 3.63) is 65.5 Å². The number of hydrogen-bond acceptors (Lipinski definition) is 3. The third-order valence-corrected chi connectivity index (χ3v) is 4.30. The Kier molecular flexibility index (Phi) is 6.25. The minimum atomic E-state index is -0.373. The molecule has 0 atom stereocenters. The molecule has 3 amide bonds. The van der Waals surface area contributed by atoms with Crippen LogP contribution < -0.4 is 15.4 Å². The highest BCUT2D eigenvalue weighted by atomic mass is 19.1. The fourth-order valence-corrected chi connectivity index (χ4v) is 2.87. The molecule has 142 valence electrons. The second kappa shape index (κ2) is 9.02. The summed E-state index contributed by atoms with van der Waals surface area (Å²) in [6, 6.07) is 13.8. The summed E-state index contributed by atoms with van der Waals surface area (Å²) in [6.45, 7) is 1.31. The molecule has 0 aromatic heterocycles. The van der Waals surface area contributed by atoms with E-state index in [1.807, 2.05) is 30.3 Å². The first-order valence-electron chi connectivity index (χ1n) is 8.86. The molecule has 0 saturated carbocycles. The molecule has 0 unspecified atom stereocenters. The topological polar surface area (TPSA) is 70.7 Å². The number of fused-ring (bicyclic) bond motifs is 1. The standard InChI is InChI=1S/C20H22FN3O3/c21-17-6-7-18-16(12-17)13-24(19(25)14-27-18)11-10-23-20(26)22-9-8-15-4-2-1-3-5-15/h1-7,12H,8-11,13-14H2,(H2,22,23,26). The Morgan fingerprint density at radius 3 is 2.70 bits per heavy atom. The van der Waals surface area contributed by atoms with Crippen molar-refractivity contribution in [3.8, 4) is 5.75 Å². The van der Waals surface area contributed by atoms with Gasteiger partial charge in [-0.25, -0.2) is 9.18 Å². The zero-order valence-electron chi connectivity index (χ0n) is 14.9. The smallest absolute Gasteiger partial charge is 0.314 e. The maximum atomic E-state index is 13.4. The molecule has 6 nitrogen and oxygen atoms in total. The van der Waals surface area contributed by atoms with Gasteiger partial charge < -0.3 is 20.3 Å². The first-order chi connectivity index (χ1) is 13.1. The number of carbonyl (C=O) groups is 2. The van der Waals surface area contributed by atoms with Gasteiger partial charge in [0.1, 0.15) is 11.6 Å².